The minimum absolute atomic E-state index is 0.422. The molecular formula is C19H21O2. The highest BCUT2D eigenvalue weighted by atomic mass is 16.5. The van der Waals surface area contributed by atoms with Gasteiger partial charge in [0.1, 0.15) is 5.75 Å². The number of ether oxygens (including phenoxy) is 2. The Morgan fingerprint density at radius 1 is 1.00 bits per heavy atom. The first kappa shape index (κ1) is 13.1. The van der Waals surface area contributed by atoms with Gasteiger partial charge >= 0.3 is 0 Å². The molecule has 2 aromatic carbocycles. The van der Waals surface area contributed by atoms with Crippen molar-refractivity contribution in [1.82, 2.24) is 0 Å². The molecule has 0 aromatic heterocycles. The summed E-state index contributed by atoms with van der Waals surface area (Å²) in [7, 11) is 0. The SMILES string of the molecule is [CH2]C1CCOCC1c1ccc2cc(OC3CC3)ccc2c1. The van der Waals surface area contributed by atoms with E-state index in [-0.39, 0.29) is 0 Å². The van der Waals surface area contributed by atoms with E-state index in [1.165, 1.54) is 29.2 Å². The average Bonchev–Trinajstić information content (AvgIpc) is 3.31. The molecule has 0 amide bonds. The summed E-state index contributed by atoms with van der Waals surface area (Å²) in [5, 5.41) is 2.52. The number of fused-ring (bicyclic) bond motifs is 1. The van der Waals surface area contributed by atoms with Crippen molar-refractivity contribution in [3.63, 3.8) is 0 Å². The first-order valence-corrected chi connectivity index (χ1v) is 7.91. The fraction of sp³-hybridized carbons (Fsp3) is 0.421. The van der Waals surface area contributed by atoms with E-state index in [0.717, 1.165) is 25.4 Å². The van der Waals surface area contributed by atoms with Gasteiger partial charge in [0, 0.05) is 12.5 Å². The molecule has 4 rings (SSSR count). The van der Waals surface area contributed by atoms with E-state index in [9.17, 15) is 0 Å². The first-order valence-electron chi connectivity index (χ1n) is 7.91. The summed E-state index contributed by atoms with van der Waals surface area (Å²) in [5.74, 6) is 1.87. The third-order valence-corrected chi connectivity index (χ3v) is 4.59. The van der Waals surface area contributed by atoms with Gasteiger partial charge < -0.3 is 9.47 Å². The highest BCUT2D eigenvalue weighted by molar-refractivity contribution is 5.84. The molecule has 1 radical (unpaired) electrons. The molecule has 1 saturated heterocycles. The van der Waals surface area contributed by atoms with Crippen LogP contribution in [0, 0.1) is 12.8 Å². The molecule has 2 aliphatic rings. The second-order valence-corrected chi connectivity index (χ2v) is 6.32. The molecule has 2 heteroatoms. The van der Waals surface area contributed by atoms with Gasteiger partial charge in [-0.1, -0.05) is 24.3 Å². The van der Waals surface area contributed by atoms with E-state index < -0.39 is 0 Å². The van der Waals surface area contributed by atoms with Gasteiger partial charge in [-0.2, -0.15) is 0 Å². The minimum atomic E-state index is 0.422. The van der Waals surface area contributed by atoms with E-state index in [2.05, 4.69) is 43.3 Å². The smallest absolute Gasteiger partial charge is 0.120 e. The van der Waals surface area contributed by atoms with Gasteiger partial charge in [-0.05, 0) is 60.6 Å². The fourth-order valence-corrected chi connectivity index (χ4v) is 3.08. The summed E-state index contributed by atoms with van der Waals surface area (Å²) in [4.78, 5) is 0. The molecule has 2 fully saturated rings. The van der Waals surface area contributed by atoms with Crippen LogP contribution in [-0.4, -0.2) is 19.3 Å². The maximum atomic E-state index is 5.87. The van der Waals surface area contributed by atoms with Gasteiger partial charge in [-0.15, -0.1) is 0 Å². The Labute approximate surface area is 126 Å². The van der Waals surface area contributed by atoms with Crippen LogP contribution in [0.5, 0.6) is 5.75 Å². The predicted molar refractivity (Wildman–Crippen MR) is 84.6 cm³/mol. The molecule has 2 nitrogen and oxygen atoms in total. The van der Waals surface area contributed by atoms with Gasteiger partial charge in [0.2, 0.25) is 0 Å². The summed E-state index contributed by atoms with van der Waals surface area (Å²) >= 11 is 0. The number of benzene rings is 2. The van der Waals surface area contributed by atoms with Crippen LogP contribution in [0.2, 0.25) is 0 Å². The Morgan fingerprint density at radius 3 is 2.62 bits per heavy atom. The maximum absolute atomic E-state index is 5.87. The zero-order valence-corrected chi connectivity index (χ0v) is 12.3. The van der Waals surface area contributed by atoms with Crippen LogP contribution in [0.4, 0.5) is 0 Å². The fourth-order valence-electron chi connectivity index (χ4n) is 3.08. The lowest BCUT2D eigenvalue weighted by molar-refractivity contribution is 0.0593. The Morgan fingerprint density at radius 2 is 1.81 bits per heavy atom. The second-order valence-electron chi connectivity index (χ2n) is 6.32. The molecule has 0 spiro atoms. The molecular weight excluding hydrogens is 260 g/mol. The average molecular weight is 281 g/mol. The normalized spacial score (nSPS) is 26.0. The van der Waals surface area contributed by atoms with Gasteiger partial charge in [0.05, 0.1) is 12.7 Å². The Hall–Kier alpha value is -1.54. The first-order chi connectivity index (χ1) is 10.3. The van der Waals surface area contributed by atoms with E-state index in [0.29, 0.717) is 17.9 Å². The van der Waals surface area contributed by atoms with Crippen LogP contribution in [0.25, 0.3) is 10.8 Å². The standard InChI is InChI=1S/C19H21O2/c1-13-8-9-20-12-19(13)16-3-2-15-11-18(21-17-6-7-17)5-4-14(15)10-16/h2-5,10-11,13,17,19H,1,6-9,12H2. The summed E-state index contributed by atoms with van der Waals surface area (Å²) in [6.45, 7) is 5.93. The van der Waals surface area contributed by atoms with Gasteiger partial charge in [0.25, 0.3) is 0 Å². The lowest BCUT2D eigenvalue weighted by atomic mass is 9.84. The maximum Gasteiger partial charge on any atom is 0.120 e. The van der Waals surface area contributed by atoms with Crippen LogP contribution >= 0.6 is 0 Å². The highest BCUT2D eigenvalue weighted by Crippen LogP contribution is 2.34. The van der Waals surface area contributed by atoms with Gasteiger partial charge in [-0.25, -0.2) is 0 Å². The minimum Gasteiger partial charge on any atom is -0.490 e. The van der Waals surface area contributed by atoms with Crippen molar-refractivity contribution in [3.8, 4) is 5.75 Å². The van der Waals surface area contributed by atoms with Crippen LogP contribution in [0.3, 0.4) is 0 Å². The van der Waals surface area contributed by atoms with E-state index in [1.807, 2.05) is 0 Å². The zero-order chi connectivity index (χ0) is 14.2. The molecule has 21 heavy (non-hydrogen) atoms. The molecule has 1 aliphatic heterocycles. The molecule has 1 aliphatic carbocycles. The van der Waals surface area contributed by atoms with Crippen molar-refractivity contribution in [1.29, 1.82) is 0 Å². The van der Waals surface area contributed by atoms with Crippen molar-refractivity contribution in [2.45, 2.75) is 31.3 Å². The molecule has 0 bridgehead atoms. The van der Waals surface area contributed by atoms with Crippen molar-refractivity contribution in [2.75, 3.05) is 13.2 Å². The van der Waals surface area contributed by atoms with Gasteiger partial charge in [0.15, 0.2) is 0 Å². The van der Waals surface area contributed by atoms with E-state index >= 15 is 0 Å². The lowest BCUT2D eigenvalue weighted by Gasteiger charge is -2.29. The zero-order valence-electron chi connectivity index (χ0n) is 12.3. The van der Waals surface area contributed by atoms with Gasteiger partial charge in [-0.3, -0.25) is 0 Å². The van der Waals surface area contributed by atoms with Crippen molar-refractivity contribution < 1.29 is 9.47 Å². The largest absolute Gasteiger partial charge is 0.490 e. The quantitative estimate of drug-likeness (QED) is 0.833. The number of hydrogen-bond donors (Lipinski definition) is 0. The molecule has 1 heterocycles. The van der Waals surface area contributed by atoms with Crippen LogP contribution in [0.1, 0.15) is 30.7 Å². The molecule has 1 saturated carbocycles. The van der Waals surface area contributed by atoms with Crippen molar-refractivity contribution in [2.24, 2.45) is 5.92 Å². The highest BCUT2D eigenvalue weighted by Gasteiger charge is 2.24. The van der Waals surface area contributed by atoms with E-state index in [4.69, 9.17) is 9.47 Å². The van der Waals surface area contributed by atoms with Crippen molar-refractivity contribution >= 4 is 10.8 Å². The summed E-state index contributed by atoms with van der Waals surface area (Å²) in [6.07, 6.45) is 3.90. The third-order valence-electron chi connectivity index (χ3n) is 4.59. The lowest BCUT2D eigenvalue weighted by Crippen LogP contribution is -2.23. The van der Waals surface area contributed by atoms with Crippen LogP contribution < -0.4 is 4.74 Å². The number of hydrogen-bond acceptors (Lipinski definition) is 2. The Balaban J connectivity index is 1.62. The Kier molecular flexibility index (Phi) is 3.34. The Bertz CT molecular complexity index is 645. The second kappa shape index (κ2) is 5.34. The molecule has 2 unspecified atom stereocenters. The topological polar surface area (TPSA) is 18.5 Å². The third kappa shape index (κ3) is 2.77. The van der Waals surface area contributed by atoms with Crippen LogP contribution in [-0.2, 0) is 4.74 Å². The predicted octanol–water partition coefficient (Wildman–Crippen LogP) is 4.34. The molecule has 109 valence electrons. The molecule has 2 aromatic rings. The summed E-state index contributed by atoms with van der Waals surface area (Å²) < 4.78 is 11.5. The van der Waals surface area contributed by atoms with E-state index in [1.54, 1.807) is 0 Å². The summed E-state index contributed by atoms with van der Waals surface area (Å²) in [5.41, 5.74) is 1.35. The number of rotatable bonds is 3. The van der Waals surface area contributed by atoms with Crippen molar-refractivity contribution in [3.05, 3.63) is 48.9 Å². The van der Waals surface area contributed by atoms with Crippen LogP contribution in [0.15, 0.2) is 36.4 Å². The molecule has 0 N–H and O–H groups in total. The monoisotopic (exact) mass is 281 g/mol. The summed E-state index contributed by atoms with van der Waals surface area (Å²) in [6, 6.07) is 13.1. The molecule has 2 atom stereocenters.